The molecule has 2 unspecified atom stereocenters. The summed E-state index contributed by atoms with van der Waals surface area (Å²) in [7, 11) is 0. The predicted molar refractivity (Wildman–Crippen MR) is 52.7 cm³/mol. The molecule has 1 aliphatic rings. The molecule has 1 saturated heterocycles. The second-order valence-electron chi connectivity index (χ2n) is 4.51. The normalized spacial score (nSPS) is 26.3. The first-order valence-electron chi connectivity index (χ1n) is 5.03. The summed E-state index contributed by atoms with van der Waals surface area (Å²) >= 11 is 0. The van der Waals surface area contributed by atoms with Gasteiger partial charge in [0, 0.05) is 18.7 Å². The van der Waals surface area contributed by atoms with E-state index in [4.69, 9.17) is 4.74 Å². The molecule has 1 aliphatic heterocycles. The van der Waals surface area contributed by atoms with E-state index in [1.165, 1.54) is 0 Å². The number of aliphatic hydroxyl groups excluding tert-OH is 1. The van der Waals surface area contributed by atoms with Crippen LogP contribution in [-0.4, -0.2) is 36.5 Å². The molecule has 0 bridgehead atoms. The molecular weight excluding hydrogens is 166 g/mol. The van der Waals surface area contributed by atoms with Gasteiger partial charge in [-0.05, 0) is 33.1 Å². The van der Waals surface area contributed by atoms with Crippen LogP contribution in [0.25, 0.3) is 0 Å². The summed E-state index contributed by atoms with van der Waals surface area (Å²) < 4.78 is 5.28. The summed E-state index contributed by atoms with van der Waals surface area (Å²) in [6.07, 6.45) is 0.818. The number of nitrogens with one attached hydrogen (secondary N) is 1. The molecule has 1 fully saturated rings. The van der Waals surface area contributed by atoms with Crippen molar-refractivity contribution < 1.29 is 9.84 Å². The van der Waals surface area contributed by atoms with E-state index in [1.54, 1.807) is 0 Å². The number of hydrogen-bond acceptors (Lipinski definition) is 3. The number of aliphatic hydroxyl groups is 1. The molecular formula is C10H21NO2. The van der Waals surface area contributed by atoms with Gasteiger partial charge in [0.15, 0.2) is 0 Å². The largest absolute Gasteiger partial charge is 0.392 e. The lowest BCUT2D eigenvalue weighted by atomic mass is 9.97. The third kappa shape index (κ3) is 3.25. The Hall–Kier alpha value is -0.120. The van der Waals surface area contributed by atoms with Crippen LogP contribution in [0.1, 0.15) is 27.2 Å². The van der Waals surface area contributed by atoms with Crippen LogP contribution < -0.4 is 5.32 Å². The molecule has 78 valence electrons. The second kappa shape index (κ2) is 4.40. The minimum atomic E-state index is -0.324. The number of ether oxygens (including phenoxy) is 1. The van der Waals surface area contributed by atoms with Gasteiger partial charge in [-0.1, -0.05) is 0 Å². The van der Waals surface area contributed by atoms with Crippen LogP contribution >= 0.6 is 0 Å². The van der Waals surface area contributed by atoms with Crippen LogP contribution in [0.3, 0.4) is 0 Å². The van der Waals surface area contributed by atoms with Crippen molar-refractivity contribution in [3.63, 3.8) is 0 Å². The highest BCUT2D eigenvalue weighted by atomic mass is 16.5. The molecule has 0 aromatic heterocycles. The Morgan fingerprint density at radius 1 is 1.62 bits per heavy atom. The third-order valence-electron chi connectivity index (χ3n) is 2.91. The Bertz CT molecular complexity index is 151. The molecule has 0 spiro atoms. The summed E-state index contributed by atoms with van der Waals surface area (Å²) in [5.74, 6) is 0.623. The van der Waals surface area contributed by atoms with Crippen molar-refractivity contribution >= 4 is 0 Å². The molecule has 1 rings (SSSR count). The lowest BCUT2D eigenvalue weighted by Crippen LogP contribution is -2.49. The fraction of sp³-hybridized carbons (Fsp3) is 1.00. The minimum absolute atomic E-state index is 0.192. The Kier molecular flexibility index (Phi) is 3.71. The van der Waals surface area contributed by atoms with Gasteiger partial charge in [-0.2, -0.15) is 0 Å². The van der Waals surface area contributed by atoms with Gasteiger partial charge in [-0.3, -0.25) is 0 Å². The first-order chi connectivity index (χ1) is 6.02. The highest BCUT2D eigenvalue weighted by Gasteiger charge is 2.25. The van der Waals surface area contributed by atoms with Crippen LogP contribution in [0.5, 0.6) is 0 Å². The molecule has 0 radical (unpaired) electrons. The molecule has 0 aromatic rings. The van der Waals surface area contributed by atoms with Crippen LogP contribution in [0.4, 0.5) is 0 Å². The van der Waals surface area contributed by atoms with E-state index in [9.17, 15) is 5.11 Å². The zero-order valence-corrected chi connectivity index (χ0v) is 8.84. The van der Waals surface area contributed by atoms with Gasteiger partial charge in [0.1, 0.15) is 0 Å². The van der Waals surface area contributed by atoms with E-state index in [2.05, 4.69) is 5.32 Å². The van der Waals surface area contributed by atoms with Crippen LogP contribution in [0.2, 0.25) is 0 Å². The fourth-order valence-electron chi connectivity index (χ4n) is 1.30. The maximum atomic E-state index is 9.46. The summed E-state index contributed by atoms with van der Waals surface area (Å²) in [6, 6.07) is 0. The van der Waals surface area contributed by atoms with Crippen molar-refractivity contribution in [2.75, 3.05) is 19.8 Å². The lowest BCUT2D eigenvalue weighted by Gasteiger charge is -2.30. The molecule has 0 saturated carbocycles. The predicted octanol–water partition coefficient (Wildman–Crippen LogP) is 0.772. The van der Waals surface area contributed by atoms with Crippen LogP contribution in [0.15, 0.2) is 0 Å². The maximum absolute atomic E-state index is 9.46. The molecule has 0 amide bonds. The van der Waals surface area contributed by atoms with Crippen molar-refractivity contribution in [2.45, 2.75) is 38.8 Å². The highest BCUT2D eigenvalue weighted by molar-refractivity contribution is 4.84. The van der Waals surface area contributed by atoms with Gasteiger partial charge in [0.05, 0.1) is 12.7 Å². The van der Waals surface area contributed by atoms with E-state index in [0.717, 1.165) is 26.2 Å². The van der Waals surface area contributed by atoms with Crippen molar-refractivity contribution in [2.24, 2.45) is 5.92 Å². The summed E-state index contributed by atoms with van der Waals surface area (Å²) in [5.41, 5.74) is -0.192. The van der Waals surface area contributed by atoms with Gasteiger partial charge in [0.2, 0.25) is 0 Å². The maximum Gasteiger partial charge on any atom is 0.0688 e. The van der Waals surface area contributed by atoms with E-state index < -0.39 is 0 Å². The minimum Gasteiger partial charge on any atom is -0.392 e. The first kappa shape index (κ1) is 11.0. The van der Waals surface area contributed by atoms with Crippen molar-refractivity contribution in [3.8, 4) is 0 Å². The van der Waals surface area contributed by atoms with Gasteiger partial charge >= 0.3 is 0 Å². The van der Waals surface area contributed by atoms with Gasteiger partial charge in [0.25, 0.3) is 0 Å². The standard InChI is InChI=1S/C10H21NO2/c1-8(12)10(2,3)11-6-9-4-5-13-7-9/h8-9,11-12H,4-7H2,1-3H3. The van der Waals surface area contributed by atoms with E-state index >= 15 is 0 Å². The lowest BCUT2D eigenvalue weighted by molar-refractivity contribution is 0.0923. The van der Waals surface area contributed by atoms with Crippen molar-refractivity contribution in [3.05, 3.63) is 0 Å². The highest BCUT2D eigenvalue weighted by Crippen LogP contribution is 2.14. The zero-order chi connectivity index (χ0) is 9.90. The monoisotopic (exact) mass is 187 g/mol. The first-order valence-corrected chi connectivity index (χ1v) is 5.03. The molecule has 2 N–H and O–H groups in total. The quantitative estimate of drug-likeness (QED) is 0.683. The van der Waals surface area contributed by atoms with E-state index in [-0.39, 0.29) is 11.6 Å². The van der Waals surface area contributed by atoms with E-state index in [0.29, 0.717) is 5.92 Å². The van der Waals surface area contributed by atoms with Crippen LogP contribution in [0, 0.1) is 5.92 Å². The Labute approximate surface area is 80.5 Å². The average molecular weight is 187 g/mol. The topological polar surface area (TPSA) is 41.5 Å². The molecule has 0 aliphatic carbocycles. The molecule has 13 heavy (non-hydrogen) atoms. The smallest absolute Gasteiger partial charge is 0.0688 e. The molecule has 1 heterocycles. The second-order valence-corrected chi connectivity index (χ2v) is 4.51. The van der Waals surface area contributed by atoms with Gasteiger partial charge in [-0.25, -0.2) is 0 Å². The Balaban J connectivity index is 2.24. The van der Waals surface area contributed by atoms with Gasteiger partial charge < -0.3 is 15.2 Å². The van der Waals surface area contributed by atoms with Crippen LogP contribution in [-0.2, 0) is 4.74 Å². The number of rotatable bonds is 4. The Morgan fingerprint density at radius 2 is 2.31 bits per heavy atom. The third-order valence-corrected chi connectivity index (χ3v) is 2.91. The van der Waals surface area contributed by atoms with Crippen molar-refractivity contribution in [1.29, 1.82) is 0 Å². The number of hydrogen-bond donors (Lipinski definition) is 2. The summed E-state index contributed by atoms with van der Waals surface area (Å²) in [6.45, 7) is 8.56. The SMILES string of the molecule is CC(O)C(C)(C)NCC1CCOC1. The van der Waals surface area contributed by atoms with Gasteiger partial charge in [-0.15, -0.1) is 0 Å². The summed E-state index contributed by atoms with van der Waals surface area (Å²) in [4.78, 5) is 0. The van der Waals surface area contributed by atoms with Crippen molar-refractivity contribution in [1.82, 2.24) is 5.32 Å². The Morgan fingerprint density at radius 3 is 2.77 bits per heavy atom. The molecule has 0 aromatic carbocycles. The molecule has 2 atom stereocenters. The zero-order valence-electron chi connectivity index (χ0n) is 8.84. The molecule has 3 heteroatoms. The molecule has 3 nitrogen and oxygen atoms in total. The average Bonchev–Trinajstić information content (AvgIpc) is 2.52. The van der Waals surface area contributed by atoms with E-state index in [1.807, 2.05) is 20.8 Å². The summed E-state index contributed by atoms with van der Waals surface area (Å²) in [5, 5.41) is 12.8. The fourth-order valence-corrected chi connectivity index (χ4v) is 1.30.